The molecule has 0 aliphatic heterocycles. The van der Waals surface area contributed by atoms with Gasteiger partial charge in [-0.25, -0.2) is 0 Å². The first-order chi connectivity index (χ1) is 7.17. The lowest BCUT2D eigenvalue weighted by molar-refractivity contribution is -0.118. The largest absolute Gasteiger partial charge is 0.361 e. The van der Waals surface area contributed by atoms with E-state index in [0.717, 1.165) is 0 Å². The van der Waals surface area contributed by atoms with Crippen molar-refractivity contribution in [2.24, 2.45) is 0 Å². The highest BCUT2D eigenvalue weighted by atomic mass is 16.5. The molecule has 0 unspecified atom stereocenters. The summed E-state index contributed by atoms with van der Waals surface area (Å²) in [6, 6.07) is 1.64. The molecule has 1 rings (SSSR count). The van der Waals surface area contributed by atoms with Crippen molar-refractivity contribution in [3.05, 3.63) is 17.5 Å². The molecule has 0 radical (unpaired) electrons. The maximum Gasteiger partial charge on any atom is 0.185 e. The molecule has 0 fully saturated rings. The van der Waals surface area contributed by atoms with E-state index in [-0.39, 0.29) is 18.0 Å². The smallest absolute Gasteiger partial charge is 0.185 e. The molecule has 0 bridgehead atoms. The van der Waals surface area contributed by atoms with Gasteiger partial charge in [0.05, 0.1) is 0 Å². The number of ketones is 2. The fourth-order valence-corrected chi connectivity index (χ4v) is 1.17. The van der Waals surface area contributed by atoms with E-state index < -0.39 is 0 Å². The summed E-state index contributed by atoms with van der Waals surface area (Å²) in [7, 11) is 0. The molecule has 0 N–H and O–H groups in total. The van der Waals surface area contributed by atoms with E-state index in [0.29, 0.717) is 30.7 Å². The van der Waals surface area contributed by atoms with Crippen molar-refractivity contribution < 1.29 is 14.1 Å². The fraction of sp³-hybridized carbons (Fsp3) is 0.545. The topological polar surface area (TPSA) is 60.2 Å². The van der Waals surface area contributed by atoms with Gasteiger partial charge in [0.1, 0.15) is 17.2 Å². The third kappa shape index (κ3) is 3.31. The Morgan fingerprint density at radius 2 is 2.07 bits per heavy atom. The van der Waals surface area contributed by atoms with E-state index in [1.807, 2.05) is 6.92 Å². The fourth-order valence-electron chi connectivity index (χ4n) is 1.17. The number of rotatable bonds is 6. The molecule has 4 heteroatoms. The van der Waals surface area contributed by atoms with Crippen LogP contribution in [0.25, 0.3) is 0 Å². The van der Waals surface area contributed by atoms with Crippen molar-refractivity contribution >= 4 is 11.6 Å². The quantitative estimate of drug-likeness (QED) is 0.674. The van der Waals surface area contributed by atoms with Gasteiger partial charge in [-0.3, -0.25) is 9.59 Å². The lowest BCUT2D eigenvalue weighted by atomic mass is 10.1. The van der Waals surface area contributed by atoms with Crippen molar-refractivity contribution in [2.45, 2.75) is 39.5 Å². The first kappa shape index (κ1) is 11.6. The molecule has 82 valence electrons. The minimum absolute atomic E-state index is 0.0996. The minimum Gasteiger partial charge on any atom is -0.361 e. The van der Waals surface area contributed by atoms with Gasteiger partial charge in [-0.1, -0.05) is 19.0 Å². The monoisotopic (exact) mass is 209 g/mol. The van der Waals surface area contributed by atoms with Gasteiger partial charge in [0.15, 0.2) is 5.78 Å². The third-order valence-electron chi connectivity index (χ3n) is 2.22. The van der Waals surface area contributed by atoms with E-state index >= 15 is 0 Å². The summed E-state index contributed by atoms with van der Waals surface area (Å²) in [5.41, 5.74) is 0.329. The van der Waals surface area contributed by atoms with Crippen molar-refractivity contribution in [1.29, 1.82) is 0 Å². The van der Waals surface area contributed by atoms with E-state index in [4.69, 9.17) is 4.52 Å². The Labute approximate surface area is 88.6 Å². The molecule has 0 spiro atoms. The molecule has 0 aromatic carbocycles. The van der Waals surface area contributed by atoms with E-state index in [9.17, 15) is 9.59 Å². The predicted molar refractivity (Wildman–Crippen MR) is 54.7 cm³/mol. The number of hydrogen-bond donors (Lipinski definition) is 0. The van der Waals surface area contributed by atoms with E-state index in [1.165, 1.54) is 0 Å². The van der Waals surface area contributed by atoms with E-state index in [2.05, 4.69) is 5.16 Å². The Hall–Kier alpha value is -1.45. The van der Waals surface area contributed by atoms with Gasteiger partial charge in [0.25, 0.3) is 0 Å². The Morgan fingerprint density at radius 3 is 2.60 bits per heavy atom. The normalized spacial score (nSPS) is 10.3. The number of aryl methyl sites for hydroxylation is 1. The van der Waals surface area contributed by atoms with Crippen LogP contribution in [0.15, 0.2) is 10.6 Å². The van der Waals surface area contributed by atoms with Crippen molar-refractivity contribution in [2.75, 3.05) is 0 Å². The molecule has 0 aliphatic rings. The van der Waals surface area contributed by atoms with Crippen LogP contribution in [0.5, 0.6) is 0 Å². The van der Waals surface area contributed by atoms with Crippen LogP contribution in [0.3, 0.4) is 0 Å². The third-order valence-corrected chi connectivity index (χ3v) is 2.22. The maximum absolute atomic E-state index is 11.5. The SMILES string of the molecule is CCC(=O)CCC(=O)c1cc(CC)on1. The molecule has 4 nitrogen and oxygen atoms in total. The van der Waals surface area contributed by atoms with Crippen LogP contribution in [0.4, 0.5) is 0 Å². The second kappa shape index (κ2) is 5.44. The van der Waals surface area contributed by atoms with Gasteiger partial charge in [0.2, 0.25) is 0 Å². The molecular formula is C11H15NO3. The maximum atomic E-state index is 11.5. The number of Topliss-reactive ketones (excluding diaryl/α,β-unsaturated/α-hetero) is 2. The number of nitrogens with zero attached hydrogens (tertiary/aromatic N) is 1. The van der Waals surface area contributed by atoms with Gasteiger partial charge in [-0.2, -0.15) is 0 Å². The molecule has 1 heterocycles. The van der Waals surface area contributed by atoms with Gasteiger partial charge < -0.3 is 4.52 Å². The summed E-state index contributed by atoms with van der Waals surface area (Å²) >= 11 is 0. The molecule has 1 aromatic rings. The lowest BCUT2D eigenvalue weighted by Crippen LogP contribution is -2.03. The molecule has 0 saturated heterocycles. The highest BCUT2D eigenvalue weighted by Crippen LogP contribution is 2.08. The molecule has 0 saturated carbocycles. The zero-order valence-corrected chi connectivity index (χ0v) is 9.08. The van der Waals surface area contributed by atoms with Crippen LogP contribution in [0.2, 0.25) is 0 Å². The number of aromatic nitrogens is 1. The summed E-state index contributed by atoms with van der Waals surface area (Å²) in [6.45, 7) is 3.72. The first-order valence-corrected chi connectivity index (χ1v) is 5.17. The summed E-state index contributed by atoms with van der Waals surface area (Å²) < 4.78 is 4.91. The Balaban J connectivity index is 2.50. The summed E-state index contributed by atoms with van der Waals surface area (Å²) in [6.07, 6.45) is 1.71. The molecular weight excluding hydrogens is 194 g/mol. The van der Waals surface area contributed by atoms with Crippen molar-refractivity contribution in [1.82, 2.24) is 5.16 Å². The van der Waals surface area contributed by atoms with Crippen LogP contribution in [0, 0.1) is 0 Å². The second-order valence-corrected chi connectivity index (χ2v) is 3.35. The van der Waals surface area contributed by atoms with Crippen LogP contribution in [-0.2, 0) is 11.2 Å². The lowest BCUT2D eigenvalue weighted by Gasteiger charge is -1.94. The van der Waals surface area contributed by atoms with Crippen molar-refractivity contribution in [3.63, 3.8) is 0 Å². The minimum atomic E-state index is -0.125. The second-order valence-electron chi connectivity index (χ2n) is 3.35. The Bertz CT molecular complexity index is 354. The average Bonchev–Trinajstić information content (AvgIpc) is 2.73. The van der Waals surface area contributed by atoms with Crippen LogP contribution in [-0.4, -0.2) is 16.7 Å². The summed E-state index contributed by atoms with van der Waals surface area (Å²) in [5.74, 6) is 0.669. The summed E-state index contributed by atoms with van der Waals surface area (Å²) in [5, 5.41) is 3.65. The Kier molecular flexibility index (Phi) is 4.21. The van der Waals surface area contributed by atoms with Gasteiger partial charge >= 0.3 is 0 Å². The van der Waals surface area contributed by atoms with Crippen LogP contribution in [0.1, 0.15) is 49.4 Å². The molecule has 0 amide bonds. The van der Waals surface area contributed by atoms with Gasteiger partial charge in [-0.15, -0.1) is 0 Å². The highest BCUT2D eigenvalue weighted by Gasteiger charge is 2.12. The van der Waals surface area contributed by atoms with Gasteiger partial charge in [0, 0.05) is 31.7 Å². The molecule has 1 aromatic heterocycles. The standard InChI is InChI=1S/C11H15NO3/c1-3-8(13)5-6-11(14)10-7-9(4-2)15-12-10/h7H,3-6H2,1-2H3. The zero-order valence-electron chi connectivity index (χ0n) is 9.08. The van der Waals surface area contributed by atoms with Crippen LogP contribution >= 0.6 is 0 Å². The summed E-state index contributed by atoms with van der Waals surface area (Å²) in [4.78, 5) is 22.5. The van der Waals surface area contributed by atoms with E-state index in [1.54, 1.807) is 13.0 Å². The highest BCUT2D eigenvalue weighted by molar-refractivity contribution is 5.96. The number of carbonyl (C=O) groups excluding carboxylic acids is 2. The number of hydrogen-bond acceptors (Lipinski definition) is 4. The molecule has 15 heavy (non-hydrogen) atoms. The van der Waals surface area contributed by atoms with Crippen molar-refractivity contribution in [3.8, 4) is 0 Å². The average molecular weight is 209 g/mol. The molecule has 0 atom stereocenters. The van der Waals surface area contributed by atoms with Crippen LogP contribution < -0.4 is 0 Å². The predicted octanol–water partition coefficient (Wildman–Crippen LogP) is 2.18. The molecule has 0 aliphatic carbocycles. The van der Waals surface area contributed by atoms with Gasteiger partial charge in [-0.05, 0) is 0 Å². The first-order valence-electron chi connectivity index (χ1n) is 5.17. The zero-order chi connectivity index (χ0) is 11.3. The number of carbonyl (C=O) groups is 2. The Morgan fingerprint density at radius 1 is 1.33 bits per heavy atom.